The molecule has 0 aromatic carbocycles. The van der Waals surface area contributed by atoms with Gasteiger partial charge in [0.15, 0.2) is 0 Å². The van der Waals surface area contributed by atoms with Gasteiger partial charge in [-0.25, -0.2) is 4.79 Å². The SMILES string of the molecule is CC1(C)SC2C(NC(=O)C(N)CCc3ccc(CCl)s3)C(=O)N2C1C(=O)O. The molecular formula is C17H22ClN3O4S2. The van der Waals surface area contributed by atoms with Crippen molar-refractivity contribution in [3.05, 3.63) is 21.9 Å². The molecule has 2 fully saturated rings. The lowest BCUT2D eigenvalue weighted by atomic mass is 9.96. The van der Waals surface area contributed by atoms with Gasteiger partial charge in [-0.3, -0.25) is 9.59 Å². The van der Waals surface area contributed by atoms with Crippen molar-refractivity contribution in [3.63, 3.8) is 0 Å². The summed E-state index contributed by atoms with van der Waals surface area (Å²) >= 11 is 8.77. The highest BCUT2D eigenvalue weighted by atomic mass is 35.5. The third-order valence-corrected chi connectivity index (χ3v) is 8.02. The van der Waals surface area contributed by atoms with Crippen LogP contribution < -0.4 is 11.1 Å². The number of rotatable bonds is 7. The Labute approximate surface area is 170 Å². The summed E-state index contributed by atoms with van der Waals surface area (Å²) in [5.74, 6) is -1.32. The maximum absolute atomic E-state index is 12.4. The monoisotopic (exact) mass is 431 g/mol. The standard InChI is InChI=1S/C17H22ClN3O4S2/c1-17(2)12(16(24)25)21-14(23)11(15(21)27-17)20-13(22)10(19)6-5-8-3-4-9(7-18)26-8/h3-4,10-12,15H,5-7,19H2,1-2H3,(H,20,22)(H,24,25). The molecule has 3 heterocycles. The van der Waals surface area contributed by atoms with Gasteiger partial charge in [0.1, 0.15) is 17.5 Å². The van der Waals surface area contributed by atoms with E-state index in [4.69, 9.17) is 17.3 Å². The second kappa shape index (κ2) is 7.62. The number of carbonyl (C=O) groups is 3. The van der Waals surface area contributed by atoms with Gasteiger partial charge in [-0.15, -0.1) is 34.7 Å². The van der Waals surface area contributed by atoms with E-state index in [1.54, 1.807) is 25.2 Å². The Morgan fingerprint density at radius 1 is 1.41 bits per heavy atom. The fourth-order valence-corrected chi connectivity index (χ4v) is 6.22. The summed E-state index contributed by atoms with van der Waals surface area (Å²) in [7, 11) is 0. The first kappa shape index (κ1) is 20.4. The quantitative estimate of drug-likeness (QED) is 0.444. The summed E-state index contributed by atoms with van der Waals surface area (Å²) in [6.07, 6.45) is 1.12. The zero-order valence-corrected chi connectivity index (χ0v) is 17.4. The maximum atomic E-state index is 12.4. The molecule has 7 nitrogen and oxygen atoms in total. The number of nitrogens with one attached hydrogen (secondary N) is 1. The minimum Gasteiger partial charge on any atom is -0.480 e. The highest BCUT2D eigenvalue weighted by molar-refractivity contribution is 8.01. The fraction of sp³-hybridized carbons (Fsp3) is 0.588. The van der Waals surface area contributed by atoms with Gasteiger partial charge in [-0.2, -0.15) is 0 Å². The summed E-state index contributed by atoms with van der Waals surface area (Å²) in [4.78, 5) is 39.8. The normalized spacial score (nSPS) is 27.0. The van der Waals surface area contributed by atoms with Crippen LogP contribution in [0, 0.1) is 0 Å². The number of alkyl halides is 1. The molecule has 0 radical (unpaired) electrons. The number of carboxylic acid groups (broad SMARTS) is 1. The predicted octanol–water partition coefficient (Wildman–Crippen LogP) is 1.38. The number of aryl methyl sites for hydroxylation is 1. The van der Waals surface area contributed by atoms with Crippen molar-refractivity contribution in [1.82, 2.24) is 10.2 Å². The fourth-order valence-electron chi connectivity index (χ4n) is 3.46. The molecule has 1 aromatic rings. The minimum absolute atomic E-state index is 0.365. The average molecular weight is 432 g/mol. The van der Waals surface area contributed by atoms with Crippen molar-refractivity contribution in [1.29, 1.82) is 0 Å². The summed E-state index contributed by atoms with van der Waals surface area (Å²) in [5.41, 5.74) is 5.98. The Kier molecular flexibility index (Phi) is 5.77. The Hall–Kier alpha value is -1.29. The lowest BCUT2D eigenvalue weighted by Crippen LogP contribution is -2.71. The Morgan fingerprint density at radius 3 is 2.67 bits per heavy atom. The number of carboxylic acids is 1. The molecule has 0 bridgehead atoms. The number of β-lactam (4-membered cyclic amide) rings is 1. The van der Waals surface area contributed by atoms with Crippen LogP contribution in [-0.4, -0.2) is 56.0 Å². The van der Waals surface area contributed by atoms with Gasteiger partial charge in [0, 0.05) is 14.5 Å². The number of nitrogens with two attached hydrogens (primary N) is 1. The third-order valence-electron chi connectivity index (χ3n) is 4.86. The van der Waals surface area contributed by atoms with E-state index in [1.807, 2.05) is 12.1 Å². The molecule has 4 atom stereocenters. The van der Waals surface area contributed by atoms with Crippen molar-refractivity contribution in [3.8, 4) is 0 Å². The molecule has 0 spiro atoms. The molecule has 2 saturated heterocycles. The van der Waals surface area contributed by atoms with E-state index < -0.39 is 28.8 Å². The van der Waals surface area contributed by atoms with E-state index in [1.165, 1.54) is 16.7 Å². The van der Waals surface area contributed by atoms with E-state index in [-0.39, 0.29) is 17.2 Å². The molecule has 0 aliphatic carbocycles. The zero-order chi connectivity index (χ0) is 19.9. The molecule has 148 valence electrons. The Morgan fingerprint density at radius 2 is 2.07 bits per heavy atom. The molecule has 1 aromatic heterocycles. The number of amides is 2. The number of halogens is 1. The Balaban J connectivity index is 1.55. The van der Waals surface area contributed by atoms with Crippen LogP contribution in [0.5, 0.6) is 0 Å². The molecule has 0 saturated carbocycles. The van der Waals surface area contributed by atoms with Crippen LogP contribution in [0.1, 0.15) is 30.0 Å². The van der Waals surface area contributed by atoms with Gasteiger partial charge >= 0.3 is 5.97 Å². The van der Waals surface area contributed by atoms with Crippen molar-refractivity contribution in [2.24, 2.45) is 5.73 Å². The predicted molar refractivity (Wildman–Crippen MR) is 106 cm³/mol. The number of hydrogen-bond donors (Lipinski definition) is 3. The van der Waals surface area contributed by atoms with Gasteiger partial charge < -0.3 is 21.1 Å². The molecule has 4 N–H and O–H groups in total. The number of thiophene rings is 1. The number of fused-ring (bicyclic) bond motifs is 1. The van der Waals surface area contributed by atoms with Crippen LogP contribution in [0.2, 0.25) is 0 Å². The summed E-state index contributed by atoms with van der Waals surface area (Å²) in [6.45, 7) is 3.59. The minimum atomic E-state index is -1.03. The highest BCUT2D eigenvalue weighted by Crippen LogP contribution is 2.50. The van der Waals surface area contributed by atoms with Crippen molar-refractivity contribution < 1.29 is 19.5 Å². The van der Waals surface area contributed by atoms with Gasteiger partial charge in [0.25, 0.3) is 0 Å². The van der Waals surface area contributed by atoms with Crippen LogP contribution in [0.25, 0.3) is 0 Å². The summed E-state index contributed by atoms with van der Waals surface area (Å²) in [5, 5.41) is 11.8. The van der Waals surface area contributed by atoms with E-state index in [0.717, 1.165) is 9.75 Å². The largest absolute Gasteiger partial charge is 0.480 e. The van der Waals surface area contributed by atoms with Crippen LogP contribution in [0.15, 0.2) is 12.1 Å². The Bertz CT molecular complexity index is 769. The van der Waals surface area contributed by atoms with Crippen molar-refractivity contribution in [2.45, 2.75) is 60.8 Å². The molecule has 27 heavy (non-hydrogen) atoms. The first-order valence-electron chi connectivity index (χ1n) is 8.58. The van der Waals surface area contributed by atoms with Crippen LogP contribution >= 0.6 is 34.7 Å². The van der Waals surface area contributed by atoms with Crippen LogP contribution in [0.3, 0.4) is 0 Å². The number of carbonyl (C=O) groups excluding carboxylic acids is 2. The zero-order valence-electron chi connectivity index (χ0n) is 15.0. The molecule has 2 aliphatic rings. The van der Waals surface area contributed by atoms with E-state index in [0.29, 0.717) is 18.7 Å². The second-order valence-electron chi connectivity index (χ2n) is 7.23. The maximum Gasteiger partial charge on any atom is 0.327 e. The topological polar surface area (TPSA) is 113 Å². The smallest absolute Gasteiger partial charge is 0.327 e. The van der Waals surface area contributed by atoms with Crippen molar-refractivity contribution in [2.75, 3.05) is 0 Å². The average Bonchev–Trinajstić information content (AvgIpc) is 3.17. The van der Waals surface area contributed by atoms with Gasteiger partial charge in [0.05, 0.1) is 11.9 Å². The van der Waals surface area contributed by atoms with E-state index >= 15 is 0 Å². The van der Waals surface area contributed by atoms with Crippen LogP contribution in [-0.2, 0) is 26.7 Å². The highest BCUT2D eigenvalue weighted by Gasteiger charge is 2.64. The molecule has 2 aliphatic heterocycles. The van der Waals surface area contributed by atoms with E-state index in [2.05, 4.69) is 5.32 Å². The molecular weight excluding hydrogens is 410 g/mol. The number of aliphatic carboxylic acids is 1. The molecule has 4 unspecified atom stereocenters. The molecule has 10 heteroatoms. The molecule has 2 amide bonds. The van der Waals surface area contributed by atoms with E-state index in [9.17, 15) is 19.5 Å². The number of hydrogen-bond acceptors (Lipinski definition) is 6. The second-order valence-corrected chi connectivity index (χ2v) is 10.5. The van der Waals surface area contributed by atoms with Crippen molar-refractivity contribution >= 4 is 52.5 Å². The lowest BCUT2D eigenvalue weighted by molar-refractivity contribution is -0.161. The summed E-state index contributed by atoms with van der Waals surface area (Å²) < 4.78 is -0.618. The molecule has 3 rings (SSSR count). The van der Waals surface area contributed by atoms with Gasteiger partial charge in [-0.1, -0.05) is 0 Å². The number of thioether (sulfide) groups is 1. The third kappa shape index (κ3) is 3.83. The van der Waals surface area contributed by atoms with Gasteiger partial charge in [-0.05, 0) is 38.8 Å². The van der Waals surface area contributed by atoms with Crippen LogP contribution in [0.4, 0.5) is 0 Å². The van der Waals surface area contributed by atoms with Gasteiger partial charge in [0.2, 0.25) is 11.8 Å². The number of nitrogens with zero attached hydrogens (tertiary/aromatic N) is 1. The first-order valence-corrected chi connectivity index (χ1v) is 10.8. The first-order chi connectivity index (χ1) is 12.7. The lowest BCUT2D eigenvalue weighted by Gasteiger charge is -2.43. The summed E-state index contributed by atoms with van der Waals surface area (Å²) in [6, 6.07) is 1.59.